The minimum absolute atomic E-state index is 0.0543. The molecule has 0 aliphatic heterocycles. The monoisotopic (exact) mass is 270 g/mol. The molecule has 0 aliphatic rings. The number of carbonyl (C=O) groups excluding carboxylic acids is 1. The van der Waals surface area contributed by atoms with Gasteiger partial charge in [-0.25, -0.2) is 9.59 Å². The van der Waals surface area contributed by atoms with E-state index >= 15 is 0 Å². The first-order valence-corrected chi connectivity index (χ1v) is 6.13. The number of carbonyl (C=O) groups is 2. The fraction of sp³-hybridized carbons (Fsp3) is 0.125. The molecule has 0 radical (unpaired) electrons. The summed E-state index contributed by atoms with van der Waals surface area (Å²) >= 11 is 0. The Kier molecular flexibility index (Phi) is 4.15. The van der Waals surface area contributed by atoms with Crippen molar-refractivity contribution in [2.45, 2.75) is 13.5 Å². The summed E-state index contributed by atoms with van der Waals surface area (Å²) in [6.45, 7) is 2.09. The van der Waals surface area contributed by atoms with E-state index in [0.717, 1.165) is 11.1 Å². The standard InChI is InChI=1S/C16H14O4/c1-11-6-8-12(9-7-11)10-20-16(19)14-5-3-2-4-13(14)15(17)18/h2-9H,10H2,1H3,(H,17,18). The van der Waals surface area contributed by atoms with Crippen LogP contribution in [0, 0.1) is 6.92 Å². The highest BCUT2D eigenvalue weighted by atomic mass is 16.5. The summed E-state index contributed by atoms with van der Waals surface area (Å²) < 4.78 is 5.14. The number of hydrogen-bond donors (Lipinski definition) is 1. The van der Waals surface area contributed by atoms with Crippen LogP contribution in [0.5, 0.6) is 0 Å². The Morgan fingerprint density at radius 2 is 1.60 bits per heavy atom. The van der Waals surface area contributed by atoms with E-state index in [1.54, 1.807) is 12.1 Å². The lowest BCUT2D eigenvalue weighted by Gasteiger charge is -2.07. The van der Waals surface area contributed by atoms with Gasteiger partial charge < -0.3 is 9.84 Å². The van der Waals surface area contributed by atoms with Gasteiger partial charge in [0.05, 0.1) is 11.1 Å². The zero-order valence-electron chi connectivity index (χ0n) is 11.0. The average Bonchev–Trinajstić information content (AvgIpc) is 2.46. The van der Waals surface area contributed by atoms with E-state index in [1.807, 2.05) is 31.2 Å². The Labute approximate surface area is 116 Å². The molecule has 1 N–H and O–H groups in total. The molecular weight excluding hydrogens is 256 g/mol. The molecule has 0 fully saturated rings. The minimum Gasteiger partial charge on any atom is -0.478 e. The summed E-state index contributed by atoms with van der Waals surface area (Å²) in [5.41, 5.74) is 1.99. The molecule has 102 valence electrons. The second-order valence-corrected chi connectivity index (χ2v) is 4.41. The molecule has 0 saturated heterocycles. The van der Waals surface area contributed by atoms with Crippen LogP contribution < -0.4 is 0 Å². The Morgan fingerprint density at radius 1 is 1.00 bits per heavy atom. The minimum atomic E-state index is -1.15. The van der Waals surface area contributed by atoms with Crippen molar-refractivity contribution >= 4 is 11.9 Å². The molecule has 2 aromatic carbocycles. The Hall–Kier alpha value is -2.62. The molecule has 0 saturated carbocycles. The number of aryl methyl sites for hydroxylation is 1. The van der Waals surface area contributed by atoms with Crippen LogP contribution in [0.25, 0.3) is 0 Å². The maximum atomic E-state index is 11.9. The summed E-state index contributed by atoms with van der Waals surface area (Å²) in [6.07, 6.45) is 0. The molecule has 0 spiro atoms. The number of hydrogen-bond acceptors (Lipinski definition) is 3. The Balaban J connectivity index is 2.09. The summed E-state index contributed by atoms with van der Waals surface area (Å²) in [7, 11) is 0. The van der Waals surface area contributed by atoms with Crippen molar-refractivity contribution in [2.75, 3.05) is 0 Å². The van der Waals surface area contributed by atoms with Crippen LogP contribution in [0.2, 0.25) is 0 Å². The van der Waals surface area contributed by atoms with Gasteiger partial charge in [-0.15, -0.1) is 0 Å². The molecule has 4 nitrogen and oxygen atoms in total. The quantitative estimate of drug-likeness (QED) is 0.867. The van der Waals surface area contributed by atoms with Crippen molar-refractivity contribution in [3.05, 3.63) is 70.8 Å². The second-order valence-electron chi connectivity index (χ2n) is 4.41. The largest absolute Gasteiger partial charge is 0.478 e. The smallest absolute Gasteiger partial charge is 0.339 e. The zero-order valence-corrected chi connectivity index (χ0v) is 11.0. The number of aromatic carboxylic acids is 1. The van der Waals surface area contributed by atoms with E-state index in [0.29, 0.717) is 0 Å². The van der Waals surface area contributed by atoms with Crippen molar-refractivity contribution in [1.29, 1.82) is 0 Å². The molecule has 4 heteroatoms. The summed E-state index contributed by atoms with van der Waals surface area (Å²) in [6, 6.07) is 13.6. The van der Waals surface area contributed by atoms with Gasteiger partial charge in [-0.2, -0.15) is 0 Å². The number of rotatable bonds is 4. The molecule has 2 aromatic rings. The van der Waals surface area contributed by atoms with Crippen molar-refractivity contribution in [3.63, 3.8) is 0 Å². The average molecular weight is 270 g/mol. The van der Waals surface area contributed by atoms with Gasteiger partial charge >= 0.3 is 11.9 Å². The van der Waals surface area contributed by atoms with E-state index in [9.17, 15) is 9.59 Å². The van der Waals surface area contributed by atoms with E-state index in [4.69, 9.17) is 9.84 Å². The normalized spacial score (nSPS) is 10.1. The van der Waals surface area contributed by atoms with Crippen LogP contribution in [-0.4, -0.2) is 17.0 Å². The highest BCUT2D eigenvalue weighted by molar-refractivity contribution is 6.02. The van der Waals surface area contributed by atoms with Gasteiger partial charge in [0.1, 0.15) is 6.61 Å². The van der Waals surface area contributed by atoms with Crippen LogP contribution >= 0.6 is 0 Å². The molecule has 2 rings (SSSR count). The van der Waals surface area contributed by atoms with Gasteiger partial charge in [-0.05, 0) is 24.6 Å². The highest BCUT2D eigenvalue weighted by Crippen LogP contribution is 2.12. The first-order chi connectivity index (χ1) is 9.58. The summed E-state index contributed by atoms with van der Waals surface area (Å²) in [5.74, 6) is -1.78. The second kappa shape index (κ2) is 6.02. The van der Waals surface area contributed by atoms with E-state index in [2.05, 4.69) is 0 Å². The van der Waals surface area contributed by atoms with Gasteiger partial charge in [-0.3, -0.25) is 0 Å². The predicted octanol–water partition coefficient (Wildman–Crippen LogP) is 3.05. The molecule has 0 amide bonds. The predicted molar refractivity (Wildman–Crippen MR) is 73.7 cm³/mol. The molecule has 20 heavy (non-hydrogen) atoms. The molecule has 0 atom stereocenters. The Morgan fingerprint density at radius 3 is 2.20 bits per heavy atom. The first kappa shape index (κ1) is 13.8. The molecular formula is C16H14O4. The third-order valence-electron chi connectivity index (χ3n) is 2.87. The number of ether oxygens (including phenoxy) is 1. The van der Waals surface area contributed by atoms with E-state index < -0.39 is 11.9 Å². The fourth-order valence-corrected chi connectivity index (χ4v) is 1.76. The van der Waals surface area contributed by atoms with Crippen LogP contribution in [-0.2, 0) is 11.3 Å². The van der Waals surface area contributed by atoms with Crippen LogP contribution in [0.1, 0.15) is 31.8 Å². The van der Waals surface area contributed by atoms with Crippen molar-refractivity contribution in [1.82, 2.24) is 0 Å². The molecule has 0 aromatic heterocycles. The maximum Gasteiger partial charge on any atom is 0.339 e. The summed E-state index contributed by atoms with van der Waals surface area (Å²) in [4.78, 5) is 23.0. The number of benzene rings is 2. The molecule has 0 aliphatic carbocycles. The molecule has 0 unspecified atom stereocenters. The number of esters is 1. The van der Waals surface area contributed by atoms with Crippen molar-refractivity contribution in [2.24, 2.45) is 0 Å². The number of carboxylic acid groups (broad SMARTS) is 1. The third-order valence-corrected chi connectivity index (χ3v) is 2.87. The highest BCUT2D eigenvalue weighted by Gasteiger charge is 2.16. The number of carboxylic acids is 1. The van der Waals surface area contributed by atoms with Crippen LogP contribution in [0.3, 0.4) is 0 Å². The van der Waals surface area contributed by atoms with Gasteiger partial charge in [0, 0.05) is 0 Å². The van der Waals surface area contributed by atoms with Gasteiger partial charge in [-0.1, -0.05) is 42.0 Å². The van der Waals surface area contributed by atoms with Crippen molar-refractivity contribution < 1.29 is 19.4 Å². The lowest BCUT2D eigenvalue weighted by atomic mass is 10.1. The van der Waals surface area contributed by atoms with Crippen molar-refractivity contribution in [3.8, 4) is 0 Å². The fourth-order valence-electron chi connectivity index (χ4n) is 1.76. The Bertz CT molecular complexity index is 629. The topological polar surface area (TPSA) is 63.6 Å². The van der Waals surface area contributed by atoms with E-state index in [1.165, 1.54) is 12.1 Å². The van der Waals surface area contributed by atoms with E-state index in [-0.39, 0.29) is 17.7 Å². The summed E-state index contributed by atoms with van der Waals surface area (Å²) in [5, 5.41) is 9.02. The van der Waals surface area contributed by atoms with Gasteiger partial charge in [0.2, 0.25) is 0 Å². The molecule has 0 heterocycles. The van der Waals surface area contributed by atoms with Crippen LogP contribution in [0.15, 0.2) is 48.5 Å². The maximum absolute atomic E-state index is 11.9. The lowest BCUT2D eigenvalue weighted by Crippen LogP contribution is -2.11. The molecule has 0 bridgehead atoms. The first-order valence-electron chi connectivity index (χ1n) is 6.13. The van der Waals surface area contributed by atoms with Gasteiger partial charge in [0.15, 0.2) is 0 Å². The van der Waals surface area contributed by atoms with Crippen LogP contribution in [0.4, 0.5) is 0 Å². The van der Waals surface area contributed by atoms with Gasteiger partial charge in [0.25, 0.3) is 0 Å². The SMILES string of the molecule is Cc1ccc(COC(=O)c2ccccc2C(=O)O)cc1. The zero-order chi connectivity index (χ0) is 14.5. The lowest BCUT2D eigenvalue weighted by molar-refractivity contribution is 0.0463. The third kappa shape index (κ3) is 3.23.